The van der Waals surface area contributed by atoms with Gasteiger partial charge in [-0.2, -0.15) is 12.6 Å². The number of alkyl halides is 1. The SMILES string of the molecule is NC(CS)C(=O)O.O=C(O)CI. The van der Waals surface area contributed by atoms with E-state index in [4.69, 9.17) is 15.9 Å². The quantitative estimate of drug-likeness (QED) is 0.330. The maximum Gasteiger partial charge on any atom is 0.321 e. The molecule has 72 valence electrons. The molecule has 0 rings (SSSR count). The van der Waals surface area contributed by atoms with Gasteiger partial charge in [0.05, 0.1) is 4.43 Å². The fourth-order valence-corrected chi connectivity index (χ4v) is 0.234. The van der Waals surface area contributed by atoms with Gasteiger partial charge in [-0.15, -0.1) is 0 Å². The highest BCUT2D eigenvalue weighted by molar-refractivity contribution is 14.1. The topological polar surface area (TPSA) is 101 Å². The Morgan fingerprint density at radius 2 is 1.83 bits per heavy atom. The Morgan fingerprint density at radius 3 is 1.83 bits per heavy atom. The van der Waals surface area contributed by atoms with Gasteiger partial charge in [-0.05, 0) is 0 Å². The van der Waals surface area contributed by atoms with Crippen LogP contribution in [0.25, 0.3) is 0 Å². The zero-order chi connectivity index (χ0) is 10.1. The molecular weight excluding hydrogens is 297 g/mol. The van der Waals surface area contributed by atoms with Gasteiger partial charge in [-0.25, -0.2) is 0 Å². The largest absolute Gasteiger partial charge is 0.481 e. The zero-order valence-corrected chi connectivity index (χ0v) is 9.16. The highest BCUT2D eigenvalue weighted by atomic mass is 127. The third-order valence-electron chi connectivity index (χ3n) is 0.628. The first-order valence-corrected chi connectivity index (χ1v) is 4.98. The molecule has 0 amide bonds. The number of aliphatic carboxylic acids is 2. The number of nitrogens with two attached hydrogens (primary N) is 1. The maximum atomic E-state index is 9.76. The smallest absolute Gasteiger partial charge is 0.321 e. The van der Waals surface area contributed by atoms with Crippen LogP contribution in [0.5, 0.6) is 0 Å². The Hall–Kier alpha value is -0.0200. The van der Waals surface area contributed by atoms with Crippen molar-refractivity contribution in [3.63, 3.8) is 0 Å². The lowest BCUT2D eigenvalue weighted by atomic mass is 10.4. The van der Waals surface area contributed by atoms with Crippen LogP contribution < -0.4 is 5.73 Å². The first-order valence-electron chi connectivity index (χ1n) is 2.82. The molecule has 0 aromatic carbocycles. The minimum absolute atomic E-state index is 0.190. The number of carboxylic acid groups (broad SMARTS) is 2. The number of halogens is 1. The van der Waals surface area contributed by atoms with E-state index in [0.717, 1.165) is 0 Å². The van der Waals surface area contributed by atoms with Crippen molar-refractivity contribution >= 4 is 47.2 Å². The lowest BCUT2D eigenvalue weighted by molar-refractivity contribution is -0.138. The summed E-state index contributed by atoms with van der Waals surface area (Å²) < 4.78 is 0.192. The average molecular weight is 307 g/mol. The van der Waals surface area contributed by atoms with E-state index in [0.29, 0.717) is 0 Å². The van der Waals surface area contributed by atoms with Crippen molar-refractivity contribution in [3.8, 4) is 0 Å². The van der Waals surface area contributed by atoms with Gasteiger partial charge >= 0.3 is 11.9 Å². The Balaban J connectivity index is 0. The number of rotatable bonds is 3. The highest BCUT2D eigenvalue weighted by Gasteiger charge is 2.06. The number of carbonyl (C=O) groups is 2. The molecule has 5 nitrogen and oxygen atoms in total. The maximum absolute atomic E-state index is 9.76. The van der Waals surface area contributed by atoms with Crippen molar-refractivity contribution in [3.05, 3.63) is 0 Å². The number of carboxylic acids is 2. The zero-order valence-electron chi connectivity index (χ0n) is 6.11. The Kier molecular flexibility index (Phi) is 11.0. The molecule has 4 N–H and O–H groups in total. The van der Waals surface area contributed by atoms with Gasteiger partial charge in [0.25, 0.3) is 0 Å². The first kappa shape index (κ1) is 14.5. The molecular formula is C5H10INO4S. The molecule has 0 aromatic heterocycles. The molecule has 0 aliphatic rings. The van der Waals surface area contributed by atoms with E-state index in [1.807, 2.05) is 0 Å². The summed E-state index contributed by atoms with van der Waals surface area (Å²) in [6, 6.07) is -0.816. The summed E-state index contributed by atoms with van der Waals surface area (Å²) in [5, 5.41) is 15.7. The van der Waals surface area contributed by atoms with Crippen LogP contribution in [0.4, 0.5) is 0 Å². The van der Waals surface area contributed by atoms with E-state index in [9.17, 15) is 9.59 Å². The summed E-state index contributed by atoms with van der Waals surface area (Å²) in [6.45, 7) is 0. The molecule has 0 saturated carbocycles. The Labute approximate surface area is 88.9 Å². The van der Waals surface area contributed by atoms with E-state index in [-0.39, 0.29) is 10.2 Å². The Morgan fingerprint density at radius 1 is 1.50 bits per heavy atom. The summed E-state index contributed by atoms with van der Waals surface area (Å²) in [7, 11) is 0. The minimum Gasteiger partial charge on any atom is -0.481 e. The van der Waals surface area contributed by atoms with Gasteiger partial charge in [0, 0.05) is 5.75 Å². The van der Waals surface area contributed by atoms with E-state index >= 15 is 0 Å². The van der Waals surface area contributed by atoms with Crippen LogP contribution in [-0.4, -0.2) is 38.4 Å². The average Bonchev–Trinajstić information content (AvgIpc) is 2.04. The van der Waals surface area contributed by atoms with Gasteiger partial charge in [-0.3, -0.25) is 9.59 Å². The fourth-order valence-electron chi connectivity index (χ4n) is 0.0781. The van der Waals surface area contributed by atoms with Gasteiger partial charge in [-0.1, -0.05) is 22.6 Å². The molecule has 1 unspecified atom stereocenters. The lowest BCUT2D eigenvalue weighted by Gasteiger charge is -1.96. The summed E-state index contributed by atoms with van der Waals surface area (Å²) in [5.74, 6) is -1.57. The summed E-state index contributed by atoms with van der Waals surface area (Å²) in [4.78, 5) is 19.1. The second-order valence-electron chi connectivity index (χ2n) is 1.65. The summed E-state index contributed by atoms with van der Waals surface area (Å²) >= 11 is 5.43. The fraction of sp³-hybridized carbons (Fsp3) is 0.600. The van der Waals surface area contributed by atoms with Gasteiger partial charge in [0.15, 0.2) is 0 Å². The molecule has 0 radical (unpaired) electrons. The predicted octanol–water partition coefficient (Wildman–Crippen LogP) is -0.166. The van der Waals surface area contributed by atoms with Crippen molar-refractivity contribution < 1.29 is 19.8 Å². The molecule has 12 heavy (non-hydrogen) atoms. The van der Waals surface area contributed by atoms with Crippen LogP contribution in [0.3, 0.4) is 0 Å². The summed E-state index contributed by atoms with van der Waals surface area (Å²) in [5.41, 5.74) is 4.94. The van der Waals surface area contributed by atoms with Crippen molar-refractivity contribution in [2.75, 3.05) is 10.2 Å². The van der Waals surface area contributed by atoms with Gasteiger partial charge < -0.3 is 15.9 Å². The predicted molar refractivity (Wildman–Crippen MR) is 56.0 cm³/mol. The van der Waals surface area contributed by atoms with Crippen LogP contribution in [0.2, 0.25) is 0 Å². The van der Waals surface area contributed by atoms with E-state index in [1.54, 1.807) is 22.6 Å². The molecule has 7 heteroatoms. The number of hydrogen-bond donors (Lipinski definition) is 4. The molecule has 0 fully saturated rings. The van der Waals surface area contributed by atoms with Crippen molar-refractivity contribution in [2.45, 2.75) is 6.04 Å². The van der Waals surface area contributed by atoms with E-state index < -0.39 is 18.0 Å². The second kappa shape index (κ2) is 9.07. The van der Waals surface area contributed by atoms with Crippen molar-refractivity contribution in [1.82, 2.24) is 0 Å². The van der Waals surface area contributed by atoms with Gasteiger partial charge in [0.1, 0.15) is 6.04 Å². The molecule has 0 aliphatic heterocycles. The first-order chi connectivity index (χ1) is 5.45. The van der Waals surface area contributed by atoms with Crippen LogP contribution in [0, 0.1) is 0 Å². The molecule has 0 aliphatic carbocycles. The standard InChI is InChI=1S/C3H7NO2S.C2H3IO2/c4-2(1-7)3(5)6;3-1-2(4)5/h2,7H,1,4H2,(H,5,6);1H2,(H,4,5). The van der Waals surface area contributed by atoms with Crippen LogP contribution in [-0.2, 0) is 9.59 Å². The number of hydrogen-bond acceptors (Lipinski definition) is 4. The molecule has 0 bridgehead atoms. The third-order valence-corrected chi connectivity index (χ3v) is 1.67. The van der Waals surface area contributed by atoms with Crippen LogP contribution >= 0.6 is 35.2 Å². The lowest BCUT2D eigenvalue weighted by Crippen LogP contribution is -2.31. The molecule has 0 aromatic rings. The monoisotopic (exact) mass is 307 g/mol. The Bertz CT molecular complexity index is 154. The van der Waals surface area contributed by atoms with E-state index in [2.05, 4.69) is 12.6 Å². The highest BCUT2D eigenvalue weighted by Crippen LogP contribution is 1.80. The molecule has 0 spiro atoms. The second-order valence-corrected chi connectivity index (χ2v) is 2.78. The third kappa shape index (κ3) is 12.6. The minimum atomic E-state index is -1.00. The normalized spacial score (nSPS) is 10.9. The molecule has 0 heterocycles. The van der Waals surface area contributed by atoms with Crippen molar-refractivity contribution in [2.24, 2.45) is 5.73 Å². The van der Waals surface area contributed by atoms with Crippen molar-refractivity contribution in [1.29, 1.82) is 0 Å². The van der Waals surface area contributed by atoms with Crippen LogP contribution in [0.1, 0.15) is 0 Å². The molecule has 0 saturated heterocycles. The molecule has 1 atom stereocenters. The van der Waals surface area contributed by atoms with Gasteiger partial charge in [0.2, 0.25) is 0 Å². The van der Waals surface area contributed by atoms with Crippen LogP contribution in [0.15, 0.2) is 0 Å². The van der Waals surface area contributed by atoms with E-state index in [1.165, 1.54) is 0 Å². The summed E-state index contributed by atoms with van der Waals surface area (Å²) in [6.07, 6.45) is 0. The number of thiol groups is 1.